The van der Waals surface area contributed by atoms with Crippen molar-refractivity contribution < 1.29 is 0 Å². The molecule has 0 aliphatic rings. The Morgan fingerprint density at radius 1 is 1.15 bits per heavy atom. The maximum Gasteiger partial charge on any atom is 0.139 e. The van der Waals surface area contributed by atoms with E-state index in [-0.39, 0.29) is 0 Å². The summed E-state index contributed by atoms with van der Waals surface area (Å²) in [6.07, 6.45) is 13.4. The monoisotopic (exact) mass is 450 g/mol. The molecule has 0 bridgehead atoms. The summed E-state index contributed by atoms with van der Waals surface area (Å²) in [7, 11) is 3.99. The Morgan fingerprint density at radius 3 is 2.71 bits per heavy atom. The van der Waals surface area contributed by atoms with Gasteiger partial charge in [-0.25, -0.2) is 9.97 Å². The zero-order valence-corrected chi connectivity index (χ0v) is 19.7. The van der Waals surface area contributed by atoms with Gasteiger partial charge < -0.3 is 14.5 Å². The van der Waals surface area contributed by atoms with Crippen molar-refractivity contribution in [3.8, 4) is 17.1 Å². The molecule has 170 valence electrons. The predicted octanol–water partition coefficient (Wildman–Crippen LogP) is 5.03. The summed E-state index contributed by atoms with van der Waals surface area (Å²) in [6.45, 7) is 7.90. The van der Waals surface area contributed by atoms with Crippen LogP contribution in [-0.4, -0.2) is 53.7 Å². The van der Waals surface area contributed by atoms with Crippen LogP contribution in [0.2, 0.25) is 0 Å². The number of aromatic nitrogens is 7. The van der Waals surface area contributed by atoms with Gasteiger partial charge in [-0.1, -0.05) is 12.7 Å². The fraction of sp³-hybridized carbons (Fsp3) is 0.154. The van der Waals surface area contributed by atoms with Crippen molar-refractivity contribution in [2.24, 2.45) is 0 Å². The molecule has 5 aromatic rings. The number of hydrogen-bond acceptors (Lipinski definition) is 5. The van der Waals surface area contributed by atoms with E-state index in [0.29, 0.717) is 0 Å². The Balaban J connectivity index is 1.62. The Morgan fingerprint density at radius 2 is 2.00 bits per heavy atom. The quantitative estimate of drug-likeness (QED) is 0.354. The molecule has 5 aromatic heterocycles. The smallest absolute Gasteiger partial charge is 0.139 e. The van der Waals surface area contributed by atoms with Gasteiger partial charge in [0.15, 0.2) is 0 Å². The molecule has 0 saturated carbocycles. The largest absolute Gasteiger partial charge is 0.378 e. The third kappa shape index (κ3) is 3.69. The van der Waals surface area contributed by atoms with E-state index >= 15 is 0 Å². The lowest BCUT2D eigenvalue weighted by Crippen LogP contribution is -2.09. The average Bonchev–Trinajstić information content (AvgIpc) is 3.56. The average molecular weight is 451 g/mol. The Hall–Kier alpha value is -4.46. The predicted molar refractivity (Wildman–Crippen MR) is 136 cm³/mol. The molecule has 5 rings (SSSR count). The number of imidazole rings is 1. The first-order valence-corrected chi connectivity index (χ1v) is 11.0. The molecule has 0 aliphatic carbocycles. The molecule has 0 fully saturated rings. The van der Waals surface area contributed by atoms with Crippen LogP contribution in [0.5, 0.6) is 0 Å². The van der Waals surface area contributed by atoms with Crippen LogP contribution in [0.15, 0.2) is 73.6 Å². The number of likely N-dealkylation sites (N-methyl/N-ethyl adjacent to an activating group) is 1. The molecule has 0 radical (unpaired) electrons. The summed E-state index contributed by atoms with van der Waals surface area (Å²) in [5.41, 5.74) is 8.21. The van der Waals surface area contributed by atoms with Crippen molar-refractivity contribution >= 4 is 27.5 Å². The molecule has 0 spiro atoms. The van der Waals surface area contributed by atoms with Crippen molar-refractivity contribution in [3.63, 3.8) is 0 Å². The highest BCUT2D eigenvalue weighted by Gasteiger charge is 2.15. The van der Waals surface area contributed by atoms with Gasteiger partial charge in [-0.3, -0.25) is 10.1 Å². The number of nitrogens with zero attached hydrogens (tertiary/aromatic N) is 6. The zero-order valence-electron chi connectivity index (χ0n) is 19.7. The van der Waals surface area contributed by atoms with Gasteiger partial charge in [0.1, 0.15) is 11.3 Å². The molecule has 8 heteroatoms. The summed E-state index contributed by atoms with van der Waals surface area (Å²) >= 11 is 0. The number of fused-ring (bicyclic) bond motifs is 2. The van der Waals surface area contributed by atoms with E-state index in [9.17, 15) is 0 Å². The van der Waals surface area contributed by atoms with Gasteiger partial charge in [-0.05, 0) is 49.8 Å². The fourth-order valence-electron chi connectivity index (χ4n) is 4.03. The first-order valence-electron chi connectivity index (χ1n) is 11.0. The summed E-state index contributed by atoms with van der Waals surface area (Å²) in [6, 6.07) is 6.13. The van der Waals surface area contributed by atoms with Crippen LogP contribution in [0.4, 0.5) is 0 Å². The number of rotatable bonds is 6. The van der Waals surface area contributed by atoms with Crippen LogP contribution in [0.25, 0.3) is 44.6 Å². The maximum atomic E-state index is 4.66. The van der Waals surface area contributed by atoms with Crippen LogP contribution in [-0.2, 0) is 0 Å². The van der Waals surface area contributed by atoms with E-state index in [2.05, 4.69) is 54.9 Å². The SMILES string of the molecule is C=C/C(=C\C(=C/C)c1cc2c(-c3cc4c(-n5cnc(C)c5)ccnc4[nH]3)n[nH]c2cn1)N(C)C. The number of H-pyrrole nitrogens is 2. The highest BCUT2D eigenvalue weighted by Crippen LogP contribution is 2.31. The molecule has 34 heavy (non-hydrogen) atoms. The van der Waals surface area contributed by atoms with E-state index in [1.807, 2.05) is 74.3 Å². The normalized spacial score (nSPS) is 12.6. The van der Waals surface area contributed by atoms with Crippen LogP contribution in [0.1, 0.15) is 18.3 Å². The molecule has 2 N–H and O–H groups in total. The lowest BCUT2D eigenvalue weighted by atomic mass is 10.1. The third-order valence-corrected chi connectivity index (χ3v) is 5.84. The van der Waals surface area contributed by atoms with Crippen molar-refractivity contribution in [3.05, 3.63) is 85.0 Å². The summed E-state index contributed by atoms with van der Waals surface area (Å²) in [5, 5.41) is 9.68. The van der Waals surface area contributed by atoms with Crippen molar-refractivity contribution in [2.45, 2.75) is 13.8 Å². The number of hydrogen-bond donors (Lipinski definition) is 2. The van der Waals surface area contributed by atoms with E-state index in [1.165, 1.54) is 0 Å². The zero-order chi connectivity index (χ0) is 23.8. The van der Waals surface area contributed by atoms with Gasteiger partial charge in [0.2, 0.25) is 0 Å². The maximum absolute atomic E-state index is 4.66. The Labute approximate surface area is 197 Å². The van der Waals surface area contributed by atoms with E-state index in [1.54, 1.807) is 6.20 Å². The highest BCUT2D eigenvalue weighted by molar-refractivity contribution is 5.97. The molecule has 0 atom stereocenters. The van der Waals surface area contributed by atoms with E-state index in [4.69, 9.17) is 0 Å². The summed E-state index contributed by atoms with van der Waals surface area (Å²) in [5.74, 6) is 0. The van der Waals surface area contributed by atoms with Crippen LogP contribution >= 0.6 is 0 Å². The first-order chi connectivity index (χ1) is 16.5. The standard InChI is InChI=1S/C26H26N8/c1-6-17(10-18(7-2)33(4)5)21-11-19-23(13-28-21)31-32-25(19)22-12-20-24(8-9-27-26(20)30-22)34-14-16(3)29-15-34/h6-15H,2H2,1,3-5H3,(H,27,30)(H,31,32)/b17-6+,18-10+. The van der Waals surface area contributed by atoms with Crippen molar-refractivity contribution in [1.29, 1.82) is 0 Å². The Kier molecular flexibility index (Phi) is 5.33. The number of pyridine rings is 2. The van der Waals surface area contributed by atoms with Crippen LogP contribution < -0.4 is 0 Å². The number of aromatic amines is 2. The lowest BCUT2D eigenvalue weighted by Gasteiger charge is -2.14. The van der Waals surface area contributed by atoms with Crippen LogP contribution in [0.3, 0.4) is 0 Å². The second-order valence-corrected chi connectivity index (χ2v) is 8.30. The molecule has 0 aliphatic heterocycles. The summed E-state index contributed by atoms with van der Waals surface area (Å²) in [4.78, 5) is 19.0. The minimum absolute atomic E-state index is 0.794. The second kappa shape index (κ2) is 8.47. The van der Waals surface area contributed by atoms with Crippen LogP contribution in [0, 0.1) is 6.92 Å². The van der Waals surface area contributed by atoms with Crippen molar-refractivity contribution in [2.75, 3.05) is 14.1 Å². The minimum atomic E-state index is 0.794. The third-order valence-electron chi connectivity index (χ3n) is 5.84. The van der Waals surface area contributed by atoms with E-state index in [0.717, 1.165) is 61.7 Å². The molecule has 0 saturated heterocycles. The number of nitrogens with one attached hydrogen (secondary N) is 2. The highest BCUT2D eigenvalue weighted by atomic mass is 15.1. The Bertz CT molecular complexity index is 1570. The minimum Gasteiger partial charge on any atom is -0.378 e. The molecule has 0 aromatic carbocycles. The molecular formula is C26H26N8. The van der Waals surface area contributed by atoms with Gasteiger partial charge in [0.05, 0.1) is 40.8 Å². The lowest BCUT2D eigenvalue weighted by molar-refractivity contribution is 0.530. The number of allylic oxidation sites excluding steroid dienone is 4. The molecule has 0 unspecified atom stereocenters. The van der Waals surface area contributed by atoms with Crippen molar-refractivity contribution in [1.82, 2.24) is 39.6 Å². The number of aryl methyl sites for hydroxylation is 1. The van der Waals surface area contributed by atoms with Gasteiger partial charge in [-0.15, -0.1) is 0 Å². The molecule has 5 heterocycles. The van der Waals surface area contributed by atoms with Gasteiger partial charge in [0.25, 0.3) is 0 Å². The molecule has 8 nitrogen and oxygen atoms in total. The molecular weight excluding hydrogens is 424 g/mol. The van der Waals surface area contributed by atoms with Gasteiger partial charge in [0, 0.05) is 43.0 Å². The van der Waals surface area contributed by atoms with E-state index < -0.39 is 0 Å². The fourth-order valence-corrected chi connectivity index (χ4v) is 4.03. The first kappa shape index (κ1) is 21.4. The second-order valence-electron chi connectivity index (χ2n) is 8.30. The van der Waals surface area contributed by atoms with Gasteiger partial charge >= 0.3 is 0 Å². The van der Waals surface area contributed by atoms with Gasteiger partial charge in [-0.2, -0.15) is 5.10 Å². The summed E-state index contributed by atoms with van der Waals surface area (Å²) < 4.78 is 2.01. The topological polar surface area (TPSA) is 91.3 Å². The molecule has 0 amide bonds.